The van der Waals surface area contributed by atoms with Crippen molar-refractivity contribution >= 4 is 16.7 Å². The predicted molar refractivity (Wildman–Crippen MR) is 81.6 cm³/mol. The third kappa shape index (κ3) is 2.29. The van der Waals surface area contributed by atoms with Crippen molar-refractivity contribution < 1.29 is 4.79 Å². The molecule has 0 aliphatic carbocycles. The predicted octanol–water partition coefficient (Wildman–Crippen LogP) is 2.65. The fourth-order valence-corrected chi connectivity index (χ4v) is 2.93. The number of nitrogens with zero attached hydrogens (tertiary/aromatic N) is 1. The van der Waals surface area contributed by atoms with Crippen molar-refractivity contribution in [2.45, 2.75) is 19.4 Å². The first-order valence-electron chi connectivity index (χ1n) is 7.19. The van der Waals surface area contributed by atoms with Gasteiger partial charge in [0.15, 0.2) is 0 Å². The van der Waals surface area contributed by atoms with Crippen LogP contribution in [0, 0.1) is 5.92 Å². The van der Waals surface area contributed by atoms with Gasteiger partial charge in [0.25, 0.3) is 5.91 Å². The fourth-order valence-electron chi connectivity index (χ4n) is 2.93. The zero-order valence-corrected chi connectivity index (χ0v) is 11.8. The van der Waals surface area contributed by atoms with Gasteiger partial charge in [0, 0.05) is 24.7 Å². The van der Waals surface area contributed by atoms with E-state index in [1.54, 1.807) is 0 Å². The summed E-state index contributed by atoms with van der Waals surface area (Å²) in [4.78, 5) is 14.7. The lowest BCUT2D eigenvalue weighted by molar-refractivity contribution is 0.0666. The molecule has 0 aromatic heterocycles. The van der Waals surface area contributed by atoms with E-state index in [0.29, 0.717) is 5.92 Å². The average Bonchev–Trinajstić information content (AvgIpc) is 2.49. The summed E-state index contributed by atoms with van der Waals surface area (Å²) in [6.45, 7) is 3.63. The quantitative estimate of drug-likeness (QED) is 0.864. The number of carbonyl (C=O) groups excluding carboxylic acids is 1. The molecule has 3 nitrogen and oxygen atoms in total. The molecule has 1 fully saturated rings. The van der Waals surface area contributed by atoms with Crippen molar-refractivity contribution in [2.75, 3.05) is 13.1 Å². The van der Waals surface area contributed by atoms with E-state index in [-0.39, 0.29) is 11.9 Å². The Labute approximate surface area is 119 Å². The number of carbonyl (C=O) groups is 1. The molecule has 1 amide bonds. The van der Waals surface area contributed by atoms with E-state index < -0.39 is 0 Å². The molecule has 2 atom stereocenters. The van der Waals surface area contributed by atoms with Gasteiger partial charge < -0.3 is 10.6 Å². The highest BCUT2D eigenvalue weighted by molar-refractivity contribution is 6.07. The van der Waals surface area contributed by atoms with Crippen LogP contribution < -0.4 is 5.73 Å². The van der Waals surface area contributed by atoms with Crippen LogP contribution in [0.3, 0.4) is 0 Å². The molecule has 2 aromatic carbocycles. The largest absolute Gasteiger partial charge is 0.338 e. The summed E-state index contributed by atoms with van der Waals surface area (Å²) in [7, 11) is 0. The van der Waals surface area contributed by atoms with Crippen LogP contribution in [0.4, 0.5) is 0 Å². The summed E-state index contributed by atoms with van der Waals surface area (Å²) in [5.74, 6) is 0.489. The molecule has 0 saturated carbocycles. The van der Waals surface area contributed by atoms with Gasteiger partial charge in [-0.05, 0) is 29.2 Å². The lowest BCUT2D eigenvalue weighted by Gasteiger charge is -2.35. The number of nitrogens with two attached hydrogens (primary N) is 1. The van der Waals surface area contributed by atoms with Gasteiger partial charge in [-0.25, -0.2) is 0 Å². The molecule has 20 heavy (non-hydrogen) atoms. The molecule has 2 unspecified atom stereocenters. The minimum atomic E-state index is 0.126. The van der Waals surface area contributed by atoms with Crippen LogP contribution in [0.5, 0.6) is 0 Å². The van der Waals surface area contributed by atoms with Gasteiger partial charge in [0.2, 0.25) is 0 Å². The van der Waals surface area contributed by atoms with Gasteiger partial charge in [0.05, 0.1) is 0 Å². The molecule has 1 aliphatic rings. The standard InChI is InChI=1S/C17H20N2O/c1-12-11-19(10-9-16(12)18)17(20)15-8-4-6-13-5-2-3-7-14(13)15/h2-8,12,16H,9-11,18H2,1H3. The number of benzene rings is 2. The molecule has 0 bridgehead atoms. The first-order valence-corrected chi connectivity index (χ1v) is 7.19. The Morgan fingerprint density at radius 3 is 2.75 bits per heavy atom. The summed E-state index contributed by atoms with van der Waals surface area (Å²) in [5.41, 5.74) is 6.83. The third-order valence-corrected chi connectivity index (χ3v) is 4.28. The Bertz CT molecular complexity index is 632. The maximum absolute atomic E-state index is 12.8. The van der Waals surface area contributed by atoms with Crippen LogP contribution in [-0.4, -0.2) is 29.9 Å². The van der Waals surface area contributed by atoms with Gasteiger partial charge in [0.1, 0.15) is 0 Å². The molecule has 0 spiro atoms. The molecule has 2 aromatic rings. The molecule has 1 aliphatic heterocycles. The van der Waals surface area contributed by atoms with Gasteiger partial charge in [-0.3, -0.25) is 4.79 Å². The molecule has 1 heterocycles. The second-order valence-electron chi connectivity index (χ2n) is 5.71. The molecule has 0 radical (unpaired) electrons. The van der Waals surface area contributed by atoms with Gasteiger partial charge in [-0.1, -0.05) is 43.3 Å². The van der Waals surface area contributed by atoms with E-state index in [2.05, 4.69) is 6.92 Å². The molecular formula is C17H20N2O. The van der Waals surface area contributed by atoms with Gasteiger partial charge in [-0.15, -0.1) is 0 Å². The Balaban J connectivity index is 1.93. The van der Waals surface area contributed by atoms with Gasteiger partial charge in [-0.2, -0.15) is 0 Å². The van der Waals surface area contributed by atoms with Crippen molar-refractivity contribution in [2.24, 2.45) is 11.7 Å². The van der Waals surface area contributed by atoms with E-state index in [0.717, 1.165) is 35.8 Å². The number of hydrogen-bond donors (Lipinski definition) is 1. The Morgan fingerprint density at radius 1 is 1.20 bits per heavy atom. The first-order chi connectivity index (χ1) is 9.66. The molecular weight excluding hydrogens is 248 g/mol. The minimum absolute atomic E-state index is 0.126. The van der Waals surface area contributed by atoms with Gasteiger partial charge >= 0.3 is 0 Å². The average molecular weight is 268 g/mol. The van der Waals surface area contributed by atoms with E-state index in [1.165, 1.54) is 0 Å². The summed E-state index contributed by atoms with van der Waals surface area (Å²) in [6, 6.07) is 14.2. The van der Waals surface area contributed by atoms with Crippen LogP contribution in [-0.2, 0) is 0 Å². The van der Waals surface area contributed by atoms with Crippen LogP contribution >= 0.6 is 0 Å². The van der Waals surface area contributed by atoms with Crippen molar-refractivity contribution in [3.05, 3.63) is 48.0 Å². The maximum Gasteiger partial charge on any atom is 0.254 e. The zero-order chi connectivity index (χ0) is 14.1. The Hall–Kier alpha value is -1.87. The van der Waals surface area contributed by atoms with Crippen LogP contribution in [0.25, 0.3) is 10.8 Å². The normalized spacial score (nSPS) is 23.0. The summed E-state index contributed by atoms with van der Waals surface area (Å²) in [5, 5.41) is 2.14. The number of fused-ring (bicyclic) bond motifs is 1. The second kappa shape index (κ2) is 5.25. The number of amides is 1. The van der Waals surface area contributed by atoms with Crippen molar-refractivity contribution in [3.8, 4) is 0 Å². The number of likely N-dealkylation sites (tertiary alicyclic amines) is 1. The topological polar surface area (TPSA) is 46.3 Å². The molecule has 1 saturated heterocycles. The van der Waals surface area contributed by atoms with E-state index in [4.69, 9.17) is 5.73 Å². The van der Waals surface area contributed by atoms with Crippen LogP contribution in [0.15, 0.2) is 42.5 Å². The zero-order valence-electron chi connectivity index (χ0n) is 11.8. The summed E-state index contributed by atoms with van der Waals surface area (Å²) < 4.78 is 0. The number of piperidine rings is 1. The van der Waals surface area contributed by atoms with Crippen LogP contribution in [0.2, 0.25) is 0 Å². The van der Waals surface area contributed by atoms with Crippen molar-refractivity contribution in [1.29, 1.82) is 0 Å². The second-order valence-corrected chi connectivity index (χ2v) is 5.71. The molecule has 3 rings (SSSR count). The maximum atomic E-state index is 12.8. The highest BCUT2D eigenvalue weighted by Gasteiger charge is 2.27. The minimum Gasteiger partial charge on any atom is -0.338 e. The fraction of sp³-hybridized carbons (Fsp3) is 0.353. The lowest BCUT2D eigenvalue weighted by Crippen LogP contribution is -2.48. The van der Waals surface area contributed by atoms with E-state index in [9.17, 15) is 4.79 Å². The summed E-state index contributed by atoms with van der Waals surface area (Å²) in [6.07, 6.45) is 0.887. The summed E-state index contributed by atoms with van der Waals surface area (Å²) >= 11 is 0. The molecule has 104 valence electrons. The highest BCUT2D eigenvalue weighted by atomic mass is 16.2. The number of hydrogen-bond acceptors (Lipinski definition) is 2. The first kappa shape index (κ1) is 13.1. The van der Waals surface area contributed by atoms with Crippen molar-refractivity contribution in [3.63, 3.8) is 0 Å². The Morgan fingerprint density at radius 2 is 1.95 bits per heavy atom. The molecule has 2 N–H and O–H groups in total. The lowest BCUT2D eigenvalue weighted by atomic mass is 9.94. The van der Waals surface area contributed by atoms with Crippen molar-refractivity contribution in [1.82, 2.24) is 4.90 Å². The van der Waals surface area contributed by atoms with E-state index in [1.807, 2.05) is 47.4 Å². The monoisotopic (exact) mass is 268 g/mol. The SMILES string of the molecule is CC1CN(C(=O)c2cccc3ccccc23)CCC1N. The smallest absolute Gasteiger partial charge is 0.254 e. The third-order valence-electron chi connectivity index (χ3n) is 4.28. The number of rotatable bonds is 1. The highest BCUT2D eigenvalue weighted by Crippen LogP contribution is 2.22. The van der Waals surface area contributed by atoms with E-state index >= 15 is 0 Å². The Kier molecular flexibility index (Phi) is 3.45. The van der Waals surface area contributed by atoms with Crippen LogP contribution in [0.1, 0.15) is 23.7 Å². The molecule has 3 heteroatoms.